The van der Waals surface area contributed by atoms with Crippen LogP contribution in [0.25, 0.3) is 0 Å². The smallest absolute Gasteiger partial charge is 0.335 e. The number of carboxylic acid groups (broad SMARTS) is 1. The summed E-state index contributed by atoms with van der Waals surface area (Å²) in [5.74, 6) is -7.42. The molecule has 0 bridgehead atoms. The number of fused-ring (bicyclic) bond motifs is 4. The van der Waals surface area contributed by atoms with Crippen molar-refractivity contribution in [3.8, 4) is 5.75 Å². The first-order chi connectivity index (χ1) is 19.9. The van der Waals surface area contributed by atoms with Crippen molar-refractivity contribution >= 4 is 58.5 Å². The minimum Gasteiger partial charge on any atom is -0.507 e. The lowest BCUT2D eigenvalue weighted by atomic mass is 9.56. The molecule has 3 fully saturated rings. The number of likely N-dealkylation sites (tertiary alicyclic amines) is 1. The quantitative estimate of drug-likeness (QED) is 0.298. The number of phenols is 1. The first kappa shape index (κ1) is 28.2. The Morgan fingerprint density at radius 2 is 1.79 bits per heavy atom. The third kappa shape index (κ3) is 3.53. The molecule has 0 aromatic heterocycles. The van der Waals surface area contributed by atoms with E-state index in [2.05, 4.69) is 6.58 Å². The standard InChI is InChI=1S/C31H26Cl2N2O7/c1-3-6-15-7-5-10-20(24(15)36)23-18-11-12-19-22(21(18)14-30(32)28(41)34(2)29(42)31(23,30)33)26(38)35(25(19)37)17-9-4-8-16(13-17)27(39)40/h3-5,7-11,13,19,21-23,36H,1,6,12,14H2,2H3,(H,39,40). The van der Waals surface area contributed by atoms with Gasteiger partial charge in [-0.05, 0) is 48.9 Å². The highest BCUT2D eigenvalue weighted by atomic mass is 35.5. The Balaban J connectivity index is 1.52. The third-order valence-electron chi connectivity index (χ3n) is 9.19. The zero-order valence-electron chi connectivity index (χ0n) is 22.4. The number of nitrogens with zero attached hydrogens (tertiary/aromatic N) is 2. The number of allylic oxidation sites excluding steroid dienone is 3. The fraction of sp³-hybridized carbons (Fsp3) is 0.323. The highest BCUT2D eigenvalue weighted by Crippen LogP contribution is 2.66. The summed E-state index contributed by atoms with van der Waals surface area (Å²) in [4.78, 5) is 64.5. The number of alkyl halides is 2. The lowest BCUT2D eigenvalue weighted by molar-refractivity contribution is -0.138. The van der Waals surface area contributed by atoms with Gasteiger partial charge in [0.25, 0.3) is 11.8 Å². The van der Waals surface area contributed by atoms with Crippen molar-refractivity contribution < 1.29 is 34.2 Å². The second-order valence-corrected chi connectivity index (χ2v) is 12.5. The number of phenolic OH excluding ortho intramolecular Hbond substituents is 1. The Hall–Kier alpha value is -3.95. The lowest BCUT2D eigenvalue weighted by Gasteiger charge is -2.50. The van der Waals surface area contributed by atoms with E-state index >= 15 is 0 Å². The molecule has 216 valence electrons. The van der Waals surface area contributed by atoms with Crippen molar-refractivity contribution in [2.45, 2.75) is 34.9 Å². The van der Waals surface area contributed by atoms with Gasteiger partial charge in [-0.3, -0.25) is 29.0 Å². The number of amides is 4. The van der Waals surface area contributed by atoms with Gasteiger partial charge in [0.15, 0.2) is 9.75 Å². The van der Waals surface area contributed by atoms with E-state index in [0.717, 1.165) is 9.80 Å². The van der Waals surface area contributed by atoms with Gasteiger partial charge in [0.1, 0.15) is 5.75 Å². The maximum atomic E-state index is 14.1. The summed E-state index contributed by atoms with van der Waals surface area (Å²) in [7, 11) is 1.30. The molecule has 6 rings (SSSR count). The fourth-order valence-corrected chi connectivity index (χ4v) is 8.30. The SMILES string of the molecule is C=CCc1cccc(C2C3=CCC4C(=O)N(c5cccc(C(=O)O)c5)C(=O)C4C3CC3(Cl)C(=O)N(C)C(=O)C23Cl)c1O. The largest absolute Gasteiger partial charge is 0.507 e. The monoisotopic (exact) mass is 608 g/mol. The molecular formula is C31H26Cl2N2O7. The zero-order chi connectivity index (χ0) is 30.3. The number of benzene rings is 2. The van der Waals surface area contributed by atoms with E-state index in [-0.39, 0.29) is 35.4 Å². The highest BCUT2D eigenvalue weighted by Gasteiger charge is 2.76. The van der Waals surface area contributed by atoms with Crippen molar-refractivity contribution in [1.82, 2.24) is 4.90 Å². The van der Waals surface area contributed by atoms with Crippen LogP contribution in [0, 0.1) is 17.8 Å². The van der Waals surface area contributed by atoms with Crippen molar-refractivity contribution in [3.63, 3.8) is 0 Å². The maximum absolute atomic E-state index is 14.1. The van der Waals surface area contributed by atoms with E-state index in [9.17, 15) is 34.2 Å². The summed E-state index contributed by atoms with van der Waals surface area (Å²) in [6.07, 6.45) is 3.66. The molecule has 2 aliphatic carbocycles. The minimum atomic E-state index is -2.01. The third-order valence-corrected chi connectivity index (χ3v) is 10.6. The number of aromatic hydroxyl groups is 1. The van der Waals surface area contributed by atoms with E-state index in [0.29, 0.717) is 17.6 Å². The van der Waals surface area contributed by atoms with Gasteiger partial charge in [-0.1, -0.05) is 42.0 Å². The first-order valence-electron chi connectivity index (χ1n) is 13.4. The average Bonchev–Trinajstić information content (AvgIpc) is 3.29. The summed E-state index contributed by atoms with van der Waals surface area (Å²) in [6, 6.07) is 10.6. The second-order valence-electron chi connectivity index (χ2n) is 11.2. The molecule has 11 heteroatoms. The van der Waals surface area contributed by atoms with Crippen LogP contribution in [0.15, 0.2) is 66.8 Å². The number of imide groups is 2. The molecule has 0 radical (unpaired) electrons. The van der Waals surface area contributed by atoms with Gasteiger partial charge in [0.2, 0.25) is 11.8 Å². The van der Waals surface area contributed by atoms with E-state index in [1.54, 1.807) is 30.4 Å². The number of anilines is 1. The van der Waals surface area contributed by atoms with E-state index < -0.39 is 63.0 Å². The van der Waals surface area contributed by atoms with Crippen LogP contribution in [0.1, 0.15) is 40.2 Å². The Kier molecular flexibility index (Phi) is 6.40. The van der Waals surface area contributed by atoms with Crippen LogP contribution in [0.4, 0.5) is 5.69 Å². The van der Waals surface area contributed by atoms with Crippen LogP contribution in [-0.4, -0.2) is 61.5 Å². The molecule has 42 heavy (non-hydrogen) atoms. The Morgan fingerprint density at radius 1 is 1.07 bits per heavy atom. The van der Waals surface area contributed by atoms with E-state index in [1.165, 1.54) is 31.3 Å². The molecule has 2 heterocycles. The number of halogens is 2. The minimum absolute atomic E-state index is 0.0841. The Labute approximate surface area is 251 Å². The van der Waals surface area contributed by atoms with Crippen molar-refractivity contribution in [3.05, 3.63) is 83.5 Å². The number of hydrogen-bond acceptors (Lipinski definition) is 6. The first-order valence-corrected chi connectivity index (χ1v) is 14.2. The topological polar surface area (TPSA) is 132 Å². The molecular weight excluding hydrogens is 583 g/mol. The average molecular weight is 609 g/mol. The summed E-state index contributed by atoms with van der Waals surface area (Å²) < 4.78 is 0. The molecule has 2 N–H and O–H groups in total. The number of carbonyl (C=O) groups excluding carboxylic acids is 4. The van der Waals surface area contributed by atoms with Crippen LogP contribution >= 0.6 is 23.2 Å². The second kappa shape index (κ2) is 9.54. The molecule has 1 saturated carbocycles. The van der Waals surface area contributed by atoms with Gasteiger partial charge in [-0.2, -0.15) is 0 Å². The van der Waals surface area contributed by atoms with Gasteiger partial charge in [-0.15, -0.1) is 29.8 Å². The number of hydrogen-bond donors (Lipinski definition) is 2. The van der Waals surface area contributed by atoms with Gasteiger partial charge in [-0.25, -0.2) is 4.79 Å². The molecule has 6 unspecified atom stereocenters. The van der Waals surface area contributed by atoms with Crippen LogP contribution in [0.5, 0.6) is 5.75 Å². The van der Waals surface area contributed by atoms with Crippen LogP contribution in [-0.2, 0) is 25.6 Å². The highest BCUT2D eigenvalue weighted by molar-refractivity contribution is 6.53. The van der Waals surface area contributed by atoms with E-state index in [4.69, 9.17) is 23.2 Å². The molecule has 2 aromatic carbocycles. The summed E-state index contributed by atoms with van der Waals surface area (Å²) in [5.41, 5.74) is 1.40. The van der Waals surface area contributed by atoms with Gasteiger partial charge < -0.3 is 10.2 Å². The maximum Gasteiger partial charge on any atom is 0.335 e. The molecule has 2 saturated heterocycles. The number of rotatable bonds is 5. The number of carboxylic acids is 1. The fourth-order valence-electron chi connectivity index (χ4n) is 7.29. The van der Waals surface area contributed by atoms with Crippen molar-refractivity contribution in [2.24, 2.45) is 17.8 Å². The summed E-state index contributed by atoms with van der Waals surface area (Å²) >= 11 is 14.3. The number of aromatic carboxylic acids is 1. The lowest BCUT2D eigenvalue weighted by Crippen LogP contribution is -2.60. The molecule has 2 aliphatic heterocycles. The molecule has 4 aliphatic rings. The van der Waals surface area contributed by atoms with E-state index in [1.807, 2.05) is 0 Å². The predicted molar refractivity (Wildman–Crippen MR) is 153 cm³/mol. The summed E-state index contributed by atoms with van der Waals surface area (Å²) in [6.45, 7) is 3.73. The van der Waals surface area contributed by atoms with Crippen LogP contribution in [0.3, 0.4) is 0 Å². The van der Waals surface area contributed by atoms with Gasteiger partial charge in [0.05, 0.1) is 23.1 Å². The van der Waals surface area contributed by atoms with Crippen LogP contribution < -0.4 is 4.90 Å². The normalized spacial score (nSPS) is 31.9. The zero-order valence-corrected chi connectivity index (χ0v) is 23.9. The van der Waals surface area contributed by atoms with Crippen LogP contribution in [0.2, 0.25) is 0 Å². The van der Waals surface area contributed by atoms with Crippen molar-refractivity contribution in [2.75, 3.05) is 11.9 Å². The molecule has 6 atom stereocenters. The van der Waals surface area contributed by atoms with Gasteiger partial charge in [0, 0.05) is 18.5 Å². The molecule has 4 amide bonds. The predicted octanol–water partition coefficient (Wildman–Crippen LogP) is 4.01. The van der Waals surface area contributed by atoms with Crippen molar-refractivity contribution in [1.29, 1.82) is 0 Å². The number of para-hydroxylation sites is 1. The Bertz CT molecular complexity index is 1650. The molecule has 2 aromatic rings. The Morgan fingerprint density at radius 3 is 2.48 bits per heavy atom. The number of carbonyl (C=O) groups is 5. The molecule has 9 nitrogen and oxygen atoms in total. The summed E-state index contributed by atoms with van der Waals surface area (Å²) in [5, 5.41) is 20.8. The molecule has 0 spiro atoms. The van der Waals surface area contributed by atoms with Gasteiger partial charge >= 0.3 is 5.97 Å².